The Bertz CT molecular complexity index is 757. The lowest BCUT2D eigenvalue weighted by Crippen LogP contribution is -2.04. The molecule has 3 aromatic rings. The highest BCUT2D eigenvalue weighted by molar-refractivity contribution is 5.60. The fourth-order valence-corrected chi connectivity index (χ4v) is 2.10. The van der Waals surface area contributed by atoms with Gasteiger partial charge in [0.15, 0.2) is 11.5 Å². The molecule has 0 N–H and O–H groups in total. The van der Waals surface area contributed by atoms with E-state index in [0.29, 0.717) is 17.0 Å². The normalized spacial score (nSPS) is 12.0. The third kappa shape index (κ3) is 2.03. The number of aryl methyl sites for hydroxylation is 1. The second kappa shape index (κ2) is 4.33. The van der Waals surface area contributed by atoms with Crippen molar-refractivity contribution in [3.63, 3.8) is 0 Å². The van der Waals surface area contributed by atoms with Crippen molar-refractivity contribution >= 4 is 5.65 Å². The van der Waals surface area contributed by atoms with E-state index in [1.165, 1.54) is 12.1 Å². The summed E-state index contributed by atoms with van der Waals surface area (Å²) < 4.78 is 39.4. The van der Waals surface area contributed by atoms with Gasteiger partial charge in [-0.15, -0.1) is 10.2 Å². The molecule has 0 bridgehead atoms. The van der Waals surface area contributed by atoms with Crippen LogP contribution in [0.15, 0.2) is 42.5 Å². The highest BCUT2D eigenvalue weighted by Crippen LogP contribution is 2.30. The Hall–Kier alpha value is -2.37. The number of aromatic nitrogens is 3. The van der Waals surface area contributed by atoms with Crippen LogP contribution >= 0.6 is 0 Å². The first kappa shape index (κ1) is 12.7. The van der Waals surface area contributed by atoms with E-state index in [-0.39, 0.29) is 0 Å². The molecule has 0 spiro atoms. The SMILES string of the molecule is Cc1cccc2nnc(-c3ccc(C(F)(F)F)cc3)n12. The third-order valence-corrected chi connectivity index (χ3v) is 3.09. The van der Waals surface area contributed by atoms with Crippen LogP contribution in [-0.4, -0.2) is 14.6 Å². The predicted molar refractivity (Wildman–Crippen MR) is 68.2 cm³/mol. The second-order valence-electron chi connectivity index (χ2n) is 4.46. The van der Waals surface area contributed by atoms with Crippen molar-refractivity contribution in [2.45, 2.75) is 13.1 Å². The molecule has 6 heteroatoms. The zero-order chi connectivity index (χ0) is 14.3. The summed E-state index contributed by atoms with van der Waals surface area (Å²) in [6.07, 6.45) is -4.33. The van der Waals surface area contributed by atoms with Gasteiger partial charge in [0.1, 0.15) is 0 Å². The van der Waals surface area contributed by atoms with E-state index in [9.17, 15) is 13.2 Å². The Kier molecular flexibility index (Phi) is 2.74. The number of pyridine rings is 1. The molecule has 0 saturated carbocycles. The van der Waals surface area contributed by atoms with Gasteiger partial charge in [-0.25, -0.2) is 0 Å². The van der Waals surface area contributed by atoms with E-state index in [1.807, 2.05) is 23.5 Å². The lowest BCUT2D eigenvalue weighted by Gasteiger charge is -2.07. The van der Waals surface area contributed by atoms with Crippen LogP contribution in [0.2, 0.25) is 0 Å². The van der Waals surface area contributed by atoms with Crippen molar-refractivity contribution in [2.75, 3.05) is 0 Å². The topological polar surface area (TPSA) is 30.2 Å². The van der Waals surface area contributed by atoms with Gasteiger partial charge in [-0.05, 0) is 31.2 Å². The highest BCUT2D eigenvalue weighted by Gasteiger charge is 2.30. The smallest absolute Gasteiger partial charge is 0.280 e. The zero-order valence-corrected chi connectivity index (χ0v) is 10.5. The van der Waals surface area contributed by atoms with E-state index in [2.05, 4.69) is 10.2 Å². The highest BCUT2D eigenvalue weighted by atomic mass is 19.4. The van der Waals surface area contributed by atoms with Gasteiger partial charge in [0.2, 0.25) is 0 Å². The lowest BCUT2D eigenvalue weighted by atomic mass is 10.1. The molecule has 0 aliphatic carbocycles. The molecule has 0 aliphatic rings. The molecule has 0 saturated heterocycles. The molecule has 20 heavy (non-hydrogen) atoms. The predicted octanol–water partition coefficient (Wildman–Crippen LogP) is 3.72. The van der Waals surface area contributed by atoms with Crippen LogP contribution in [0.1, 0.15) is 11.3 Å². The zero-order valence-electron chi connectivity index (χ0n) is 10.5. The van der Waals surface area contributed by atoms with Gasteiger partial charge in [0.05, 0.1) is 5.56 Å². The van der Waals surface area contributed by atoms with Gasteiger partial charge in [-0.3, -0.25) is 4.40 Å². The van der Waals surface area contributed by atoms with Crippen LogP contribution in [0.25, 0.3) is 17.0 Å². The van der Waals surface area contributed by atoms with Crippen LogP contribution in [0.5, 0.6) is 0 Å². The average molecular weight is 277 g/mol. The first-order valence-corrected chi connectivity index (χ1v) is 5.95. The number of alkyl halides is 3. The minimum atomic E-state index is -4.33. The quantitative estimate of drug-likeness (QED) is 0.678. The van der Waals surface area contributed by atoms with E-state index >= 15 is 0 Å². The number of hydrogen-bond acceptors (Lipinski definition) is 2. The molecule has 0 amide bonds. The minimum absolute atomic E-state index is 0.534. The number of nitrogens with zero attached hydrogens (tertiary/aromatic N) is 3. The second-order valence-corrected chi connectivity index (χ2v) is 4.46. The van der Waals surface area contributed by atoms with Crippen LogP contribution in [0, 0.1) is 6.92 Å². The Morgan fingerprint density at radius 3 is 2.30 bits per heavy atom. The molecule has 0 atom stereocenters. The van der Waals surface area contributed by atoms with E-state index in [1.54, 1.807) is 6.07 Å². The molecular weight excluding hydrogens is 267 g/mol. The lowest BCUT2D eigenvalue weighted by molar-refractivity contribution is -0.137. The van der Waals surface area contributed by atoms with E-state index < -0.39 is 11.7 Å². The average Bonchev–Trinajstić information content (AvgIpc) is 2.83. The largest absolute Gasteiger partial charge is 0.416 e. The molecule has 102 valence electrons. The number of fused-ring (bicyclic) bond motifs is 1. The summed E-state index contributed by atoms with van der Waals surface area (Å²) in [5.41, 5.74) is 1.51. The van der Waals surface area contributed by atoms with Crippen LogP contribution in [0.3, 0.4) is 0 Å². The minimum Gasteiger partial charge on any atom is -0.280 e. The standard InChI is InChI=1S/C14H10F3N3/c1-9-3-2-4-12-18-19-13(20(9)12)10-5-7-11(8-6-10)14(15,16)17/h2-8H,1H3. The van der Waals surface area contributed by atoms with Crippen LogP contribution < -0.4 is 0 Å². The number of benzene rings is 1. The van der Waals surface area contributed by atoms with Crippen molar-refractivity contribution in [1.29, 1.82) is 0 Å². The van der Waals surface area contributed by atoms with Crippen LogP contribution in [0.4, 0.5) is 13.2 Å². The molecule has 0 fully saturated rings. The Balaban J connectivity index is 2.12. The summed E-state index contributed by atoms with van der Waals surface area (Å²) in [5, 5.41) is 8.07. The molecule has 3 nitrogen and oxygen atoms in total. The first-order valence-electron chi connectivity index (χ1n) is 5.95. The van der Waals surface area contributed by atoms with Crippen molar-refractivity contribution in [3.8, 4) is 11.4 Å². The Morgan fingerprint density at radius 2 is 1.65 bits per heavy atom. The van der Waals surface area contributed by atoms with Gasteiger partial charge < -0.3 is 0 Å². The Morgan fingerprint density at radius 1 is 0.950 bits per heavy atom. The fourth-order valence-electron chi connectivity index (χ4n) is 2.10. The number of halogens is 3. The monoisotopic (exact) mass is 277 g/mol. The summed E-state index contributed by atoms with van der Waals surface area (Å²) in [7, 11) is 0. The summed E-state index contributed by atoms with van der Waals surface area (Å²) in [6.45, 7) is 1.89. The van der Waals surface area contributed by atoms with Gasteiger partial charge >= 0.3 is 6.18 Å². The Labute approximate surface area is 112 Å². The van der Waals surface area contributed by atoms with Gasteiger partial charge in [0.25, 0.3) is 0 Å². The maximum absolute atomic E-state index is 12.5. The van der Waals surface area contributed by atoms with Gasteiger partial charge in [-0.1, -0.05) is 18.2 Å². The first-order chi connectivity index (χ1) is 9.47. The molecule has 2 aromatic heterocycles. The molecule has 1 aromatic carbocycles. The third-order valence-electron chi connectivity index (χ3n) is 3.09. The number of hydrogen-bond donors (Lipinski definition) is 0. The summed E-state index contributed by atoms with van der Waals surface area (Å²) in [5.74, 6) is 0.534. The molecule has 0 radical (unpaired) electrons. The number of rotatable bonds is 1. The van der Waals surface area contributed by atoms with E-state index in [0.717, 1.165) is 17.8 Å². The molecule has 0 unspecified atom stereocenters. The van der Waals surface area contributed by atoms with Crippen molar-refractivity contribution in [2.24, 2.45) is 0 Å². The van der Waals surface area contributed by atoms with Crippen molar-refractivity contribution in [3.05, 3.63) is 53.7 Å². The maximum atomic E-state index is 12.5. The molecule has 3 rings (SSSR count). The summed E-state index contributed by atoms with van der Waals surface area (Å²) >= 11 is 0. The van der Waals surface area contributed by atoms with E-state index in [4.69, 9.17) is 0 Å². The van der Waals surface area contributed by atoms with Crippen molar-refractivity contribution < 1.29 is 13.2 Å². The van der Waals surface area contributed by atoms with Gasteiger partial charge in [0, 0.05) is 11.3 Å². The summed E-state index contributed by atoms with van der Waals surface area (Å²) in [6, 6.07) is 10.5. The van der Waals surface area contributed by atoms with Crippen LogP contribution in [-0.2, 0) is 6.18 Å². The van der Waals surface area contributed by atoms with Gasteiger partial charge in [-0.2, -0.15) is 13.2 Å². The molecular formula is C14H10F3N3. The van der Waals surface area contributed by atoms with Crippen molar-refractivity contribution in [1.82, 2.24) is 14.6 Å². The fraction of sp³-hybridized carbons (Fsp3) is 0.143. The summed E-state index contributed by atoms with van der Waals surface area (Å²) in [4.78, 5) is 0. The molecule has 2 heterocycles. The maximum Gasteiger partial charge on any atom is 0.416 e. The molecule has 0 aliphatic heterocycles.